The van der Waals surface area contributed by atoms with Crippen LogP contribution in [0.2, 0.25) is 0 Å². The van der Waals surface area contributed by atoms with Crippen molar-refractivity contribution in [3.8, 4) is 0 Å². The molecule has 0 amide bonds. The van der Waals surface area contributed by atoms with E-state index in [9.17, 15) is 0 Å². The van der Waals surface area contributed by atoms with Gasteiger partial charge in [0.25, 0.3) is 0 Å². The molecule has 0 bridgehead atoms. The molecule has 46 valence electrons. The first-order chi connectivity index (χ1) is 3.31. The number of hydrogen-bond acceptors (Lipinski definition) is 1. The van der Waals surface area contributed by atoms with Gasteiger partial charge in [0.15, 0.2) is 0 Å². The van der Waals surface area contributed by atoms with Crippen LogP contribution in [-0.4, -0.2) is 40.8 Å². The molecule has 0 aliphatic rings. The monoisotopic (exact) mass is 126 g/mol. The van der Waals surface area contributed by atoms with E-state index in [4.69, 9.17) is 5.11 Å². The van der Waals surface area contributed by atoms with Gasteiger partial charge in [-0.3, -0.25) is 0 Å². The predicted molar refractivity (Wildman–Crippen MR) is 38.4 cm³/mol. The van der Waals surface area contributed by atoms with Gasteiger partial charge in [-0.15, -0.1) is 0 Å². The SMILES string of the molecule is CCCC(O)CC.[NaH]. The van der Waals surface area contributed by atoms with Crippen LogP contribution >= 0.6 is 0 Å². The van der Waals surface area contributed by atoms with Crippen molar-refractivity contribution in [2.75, 3.05) is 0 Å². The fraction of sp³-hybridized carbons (Fsp3) is 1.00. The molecule has 1 N–H and O–H groups in total. The molecule has 0 aliphatic heterocycles. The summed E-state index contributed by atoms with van der Waals surface area (Å²) in [5.41, 5.74) is 0. The van der Waals surface area contributed by atoms with Gasteiger partial charge in [-0.25, -0.2) is 0 Å². The van der Waals surface area contributed by atoms with Gasteiger partial charge in [-0.2, -0.15) is 0 Å². The van der Waals surface area contributed by atoms with Crippen molar-refractivity contribution in [2.45, 2.75) is 39.2 Å². The van der Waals surface area contributed by atoms with Crippen LogP contribution in [0.4, 0.5) is 0 Å². The molecule has 0 fully saturated rings. The fourth-order valence-corrected chi connectivity index (χ4v) is 0.537. The molecule has 1 unspecified atom stereocenters. The summed E-state index contributed by atoms with van der Waals surface area (Å²) < 4.78 is 0. The first-order valence-corrected chi connectivity index (χ1v) is 2.99. The van der Waals surface area contributed by atoms with Crippen molar-refractivity contribution < 1.29 is 5.11 Å². The Balaban J connectivity index is 0. The van der Waals surface area contributed by atoms with Crippen LogP contribution in [0.15, 0.2) is 0 Å². The van der Waals surface area contributed by atoms with E-state index in [0.29, 0.717) is 0 Å². The third kappa shape index (κ3) is 6.96. The molecular weight excluding hydrogens is 111 g/mol. The maximum absolute atomic E-state index is 8.86. The summed E-state index contributed by atoms with van der Waals surface area (Å²) in [6.07, 6.45) is 2.89. The Kier molecular flexibility index (Phi) is 11.7. The summed E-state index contributed by atoms with van der Waals surface area (Å²) in [5, 5.41) is 8.86. The molecule has 8 heavy (non-hydrogen) atoms. The van der Waals surface area contributed by atoms with Crippen molar-refractivity contribution in [2.24, 2.45) is 0 Å². The van der Waals surface area contributed by atoms with Crippen molar-refractivity contribution in [1.29, 1.82) is 0 Å². The zero-order valence-electron chi connectivity index (χ0n) is 5.15. The Bertz CT molecular complexity index is 39.5. The molecule has 0 rings (SSSR count). The molecule has 0 saturated carbocycles. The molecule has 0 aliphatic carbocycles. The van der Waals surface area contributed by atoms with E-state index in [-0.39, 0.29) is 35.7 Å². The van der Waals surface area contributed by atoms with Crippen LogP contribution in [0.25, 0.3) is 0 Å². The predicted octanol–water partition coefficient (Wildman–Crippen LogP) is 0.909. The molecule has 0 aromatic heterocycles. The second kappa shape index (κ2) is 7.96. The minimum absolute atomic E-state index is 0. The van der Waals surface area contributed by atoms with E-state index >= 15 is 0 Å². The molecule has 0 saturated heterocycles. The molecule has 1 nitrogen and oxygen atoms in total. The first kappa shape index (κ1) is 11.7. The van der Waals surface area contributed by atoms with Gasteiger partial charge in [-0.05, 0) is 12.8 Å². The summed E-state index contributed by atoms with van der Waals surface area (Å²) in [6.45, 7) is 4.08. The Labute approximate surface area is 73.8 Å². The second-order valence-corrected chi connectivity index (χ2v) is 1.85. The van der Waals surface area contributed by atoms with E-state index in [0.717, 1.165) is 19.3 Å². The molecule has 1 atom stereocenters. The van der Waals surface area contributed by atoms with Gasteiger partial charge >= 0.3 is 29.6 Å². The summed E-state index contributed by atoms with van der Waals surface area (Å²) in [5.74, 6) is 0. The maximum atomic E-state index is 8.86. The summed E-state index contributed by atoms with van der Waals surface area (Å²) in [7, 11) is 0. The van der Waals surface area contributed by atoms with Crippen LogP contribution in [0.5, 0.6) is 0 Å². The Morgan fingerprint density at radius 3 is 2.00 bits per heavy atom. The van der Waals surface area contributed by atoms with Crippen molar-refractivity contribution in [3.63, 3.8) is 0 Å². The average molecular weight is 126 g/mol. The zero-order valence-corrected chi connectivity index (χ0v) is 5.15. The van der Waals surface area contributed by atoms with Crippen molar-refractivity contribution in [1.82, 2.24) is 0 Å². The fourth-order valence-electron chi connectivity index (χ4n) is 0.537. The van der Waals surface area contributed by atoms with Crippen LogP contribution in [0.1, 0.15) is 33.1 Å². The minimum atomic E-state index is -0.0509. The summed E-state index contributed by atoms with van der Waals surface area (Å²) in [6, 6.07) is 0. The van der Waals surface area contributed by atoms with E-state index in [1.54, 1.807) is 0 Å². The van der Waals surface area contributed by atoms with Gasteiger partial charge in [0.1, 0.15) is 0 Å². The van der Waals surface area contributed by atoms with Crippen molar-refractivity contribution in [3.05, 3.63) is 0 Å². The number of hydrogen-bond donors (Lipinski definition) is 1. The Morgan fingerprint density at radius 1 is 1.38 bits per heavy atom. The quantitative estimate of drug-likeness (QED) is 0.557. The third-order valence-corrected chi connectivity index (χ3v) is 1.09. The molecular formula is C6H15NaO. The average Bonchev–Trinajstić information content (AvgIpc) is 1.68. The van der Waals surface area contributed by atoms with Gasteiger partial charge in [0.05, 0.1) is 6.10 Å². The molecule has 0 spiro atoms. The number of rotatable bonds is 3. The van der Waals surface area contributed by atoms with Crippen molar-refractivity contribution >= 4 is 29.6 Å². The molecule has 0 aromatic carbocycles. The normalized spacial score (nSPS) is 12.4. The van der Waals surface area contributed by atoms with Gasteiger partial charge < -0.3 is 5.11 Å². The van der Waals surface area contributed by atoms with Crippen LogP contribution in [0.3, 0.4) is 0 Å². The summed E-state index contributed by atoms with van der Waals surface area (Å²) >= 11 is 0. The van der Waals surface area contributed by atoms with E-state index in [1.807, 2.05) is 6.92 Å². The first-order valence-electron chi connectivity index (χ1n) is 2.99. The van der Waals surface area contributed by atoms with E-state index in [2.05, 4.69) is 6.92 Å². The molecule has 2 heteroatoms. The number of aliphatic hydroxyl groups is 1. The molecule has 0 heterocycles. The van der Waals surface area contributed by atoms with Crippen LogP contribution in [-0.2, 0) is 0 Å². The second-order valence-electron chi connectivity index (χ2n) is 1.85. The van der Waals surface area contributed by atoms with E-state index < -0.39 is 0 Å². The third-order valence-electron chi connectivity index (χ3n) is 1.09. The standard InChI is InChI=1S/C6H14O.Na.H/c1-3-5-6(7)4-2;;/h6-7H,3-5H2,1-2H3;;. The Morgan fingerprint density at radius 2 is 1.88 bits per heavy atom. The molecule has 0 aromatic rings. The summed E-state index contributed by atoms with van der Waals surface area (Å²) in [4.78, 5) is 0. The van der Waals surface area contributed by atoms with Crippen LogP contribution in [0, 0.1) is 0 Å². The Hall–Kier alpha value is 0.960. The van der Waals surface area contributed by atoms with Gasteiger partial charge in [0.2, 0.25) is 0 Å². The van der Waals surface area contributed by atoms with Crippen LogP contribution < -0.4 is 0 Å². The molecule has 0 radical (unpaired) electrons. The van der Waals surface area contributed by atoms with Gasteiger partial charge in [-0.1, -0.05) is 20.3 Å². The van der Waals surface area contributed by atoms with E-state index in [1.165, 1.54) is 0 Å². The van der Waals surface area contributed by atoms with Gasteiger partial charge in [0, 0.05) is 0 Å². The number of aliphatic hydroxyl groups excluding tert-OH is 1. The zero-order chi connectivity index (χ0) is 5.70. The topological polar surface area (TPSA) is 20.2 Å².